The quantitative estimate of drug-likeness (QED) is 0.766. The summed E-state index contributed by atoms with van der Waals surface area (Å²) < 4.78 is 6.47. The van der Waals surface area contributed by atoms with Gasteiger partial charge in [0, 0.05) is 14.0 Å². The zero-order chi connectivity index (χ0) is 11.4. The molecule has 0 aliphatic rings. The maximum atomic E-state index is 11.3. The number of benzene rings is 1. The van der Waals surface area contributed by atoms with Crippen molar-refractivity contribution in [2.24, 2.45) is 0 Å². The molecule has 0 unspecified atom stereocenters. The van der Waals surface area contributed by atoms with Crippen LogP contribution in [-0.2, 0) is 16.0 Å². The van der Waals surface area contributed by atoms with Gasteiger partial charge in [0.1, 0.15) is 0 Å². The predicted octanol–water partition coefficient (Wildman–Crippen LogP) is 3.97. The highest BCUT2D eigenvalue weighted by Gasteiger charge is 2.12. The van der Waals surface area contributed by atoms with Gasteiger partial charge in [0.25, 0.3) is 0 Å². The lowest BCUT2D eigenvalue weighted by Gasteiger charge is -2.07. The molecule has 82 valence electrons. The summed E-state index contributed by atoms with van der Waals surface area (Å²) in [6.45, 7) is 2.17. The van der Waals surface area contributed by atoms with Crippen LogP contribution in [0.2, 0.25) is 5.02 Å². The third-order valence-electron chi connectivity index (χ3n) is 1.73. The summed E-state index contributed by atoms with van der Waals surface area (Å²) in [6.07, 6.45) is 0.228. The molecule has 0 N–H and O–H groups in total. The standard InChI is InChI=1S/C10H9Br2ClO2/c1-2-15-10(14)5-7-8(11)3-6(13)4-9(7)12/h3-4H,2,5H2,1H3. The molecule has 0 bridgehead atoms. The first-order valence-electron chi connectivity index (χ1n) is 4.33. The van der Waals surface area contributed by atoms with Crippen molar-refractivity contribution in [3.63, 3.8) is 0 Å². The van der Waals surface area contributed by atoms with E-state index in [2.05, 4.69) is 31.9 Å². The Hall–Kier alpha value is -0.0600. The van der Waals surface area contributed by atoms with Crippen LogP contribution < -0.4 is 0 Å². The Morgan fingerprint density at radius 3 is 2.40 bits per heavy atom. The first-order chi connectivity index (χ1) is 7.04. The molecule has 0 fully saturated rings. The van der Waals surface area contributed by atoms with E-state index in [4.69, 9.17) is 16.3 Å². The monoisotopic (exact) mass is 354 g/mol. The molecule has 0 amide bonds. The first-order valence-corrected chi connectivity index (χ1v) is 6.30. The smallest absolute Gasteiger partial charge is 0.310 e. The second-order valence-corrected chi connectivity index (χ2v) is 4.97. The molecule has 0 aromatic heterocycles. The molecule has 0 spiro atoms. The lowest BCUT2D eigenvalue weighted by atomic mass is 10.1. The van der Waals surface area contributed by atoms with Crippen LogP contribution in [-0.4, -0.2) is 12.6 Å². The number of carbonyl (C=O) groups excluding carboxylic acids is 1. The Balaban J connectivity index is 2.90. The van der Waals surface area contributed by atoms with Crippen molar-refractivity contribution in [1.82, 2.24) is 0 Å². The van der Waals surface area contributed by atoms with Gasteiger partial charge < -0.3 is 4.74 Å². The van der Waals surface area contributed by atoms with Crippen LogP contribution in [0.5, 0.6) is 0 Å². The van der Waals surface area contributed by atoms with Crippen LogP contribution >= 0.6 is 43.5 Å². The van der Waals surface area contributed by atoms with Crippen molar-refractivity contribution < 1.29 is 9.53 Å². The Morgan fingerprint density at radius 2 is 1.93 bits per heavy atom. The van der Waals surface area contributed by atoms with E-state index in [1.807, 2.05) is 0 Å². The molecular formula is C10H9Br2ClO2. The van der Waals surface area contributed by atoms with E-state index in [9.17, 15) is 4.79 Å². The Kier molecular flexibility index (Phi) is 5.09. The molecule has 1 rings (SSSR count). The van der Waals surface area contributed by atoms with Crippen LogP contribution in [0.25, 0.3) is 0 Å². The maximum absolute atomic E-state index is 11.3. The molecule has 0 heterocycles. The summed E-state index contributed by atoms with van der Waals surface area (Å²) in [7, 11) is 0. The maximum Gasteiger partial charge on any atom is 0.310 e. The molecule has 2 nitrogen and oxygen atoms in total. The van der Waals surface area contributed by atoms with Crippen molar-refractivity contribution in [3.8, 4) is 0 Å². The number of ether oxygens (including phenoxy) is 1. The van der Waals surface area contributed by atoms with E-state index in [1.54, 1.807) is 19.1 Å². The largest absolute Gasteiger partial charge is 0.466 e. The number of hydrogen-bond acceptors (Lipinski definition) is 2. The van der Waals surface area contributed by atoms with E-state index in [-0.39, 0.29) is 12.4 Å². The average molecular weight is 356 g/mol. The summed E-state index contributed by atoms with van der Waals surface area (Å²) >= 11 is 12.6. The Labute approximate surface area is 110 Å². The number of hydrogen-bond donors (Lipinski definition) is 0. The second kappa shape index (κ2) is 5.87. The SMILES string of the molecule is CCOC(=O)Cc1c(Br)cc(Cl)cc1Br. The first kappa shape index (κ1) is 13.0. The highest BCUT2D eigenvalue weighted by Crippen LogP contribution is 2.30. The topological polar surface area (TPSA) is 26.3 Å². The summed E-state index contributed by atoms with van der Waals surface area (Å²) in [5.41, 5.74) is 0.845. The molecule has 1 aromatic carbocycles. The van der Waals surface area contributed by atoms with Crippen molar-refractivity contribution >= 4 is 49.4 Å². The van der Waals surface area contributed by atoms with Gasteiger partial charge in [-0.15, -0.1) is 0 Å². The predicted molar refractivity (Wildman–Crippen MR) is 67.2 cm³/mol. The second-order valence-electron chi connectivity index (χ2n) is 2.83. The van der Waals surface area contributed by atoms with Gasteiger partial charge in [0.2, 0.25) is 0 Å². The van der Waals surface area contributed by atoms with E-state index in [1.165, 1.54) is 0 Å². The van der Waals surface area contributed by atoms with Crippen LogP contribution in [0.15, 0.2) is 21.1 Å². The molecule has 15 heavy (non-hydrogen) atoms. The van der Waals surface area contributed by atoms with Crippen molar-refractivity contribution in [2.45, 2.75) is 13.3 Å². The van der Waals surface area contributed by atoms with Gasteiger partial charge in [-0.3, -0.25) is 4.79 Å². The summed E-state index contributed by atoms with van der Waals surface area (Å²) in [6, 6.07) is 3.50. The lowest BCUT2D eigenvalue weighted by molar-refractivity contribution is -0.142. The third-order valence-corrected chi connectivity index (χ3v) is 3.37. The van der Waals surface area contributed by atoms with Crippen molar-refractivity contribution in [3.05, 3.63) is 31.7 Å². The van der Waals surface area contributed by atoms with Gasteiger partial charge in [-0.05, 0) is 24.6 Å². The minimum Gasteiger partial charge on any atom is -0.466 e. The zero-order valence-corrected chi connectivity index (χ0v) is 11.9. The summed E-state index contributed by atoms with van der Waals surface area (Å²) in [4.78, 5) is 11.3. The zero-order valence-electron chi connectivity index (χ0n) is 8.02. The normalized spacial score (nSPS) is 10.1. The molecule has 0 radical (unpaired) electrons. The fourth-order valence-electron chi connectivity index (χ4n) is 1.10. The fourth-order valence-corrected chi connectivity index (χ4v) is 3.05. The number of halogens is 3. The van der Waals surface area contributed by atoms with Crippen LogP contribution in [0.3, 0.4) is 0 Å². The number of rotatable bonds is 3. The minimum atomic E-state index is -0.249. The third kappa shape index (κ3) is 3.78. The van der Waals surface area contributed by atoms with Gasteiger partial charge in [-0.25, -0.2) is 0 Å². The van der Waals surface area contributed by atoms with E-state index < -0.39 is 0 Å². The molecule has 1 aromatic rings. The molecule has 0 saturated carbocycles. The van der Waals surface area contributed by atoms with Crippen LogP contribution in [0.1, 0.15) is 12.5 Å². The Morgan fingerprint density at radius 1 is 1.40 bits per heavy atom. The molecule has 0 aliphatic carbocycles. The van der Waals surface area contributed by atoms with E-state index in [0.29, 0.717) is 11.6 Å². The number of esters is 1. The van der Waals surface area contributed by atoms with Crippen LogP contribution in [0.4, 0.5) is 0 Å². The highest BCUT2D eigenvalue weighted by molar-refractivity contribution is 9.11. The van der Waals surface area contributed by atoms with Gasteiger partial charge in [-0.2, -0.15) is 0 Å². The fraction of sp³-hybridized carbons (Fsp3) is 0.300. The molecule has 5 heteroatoms. The van der Waals surface area contributed by atoms with Gasteiger partial charge in [0.05, 0.1) is 13.0 Å². The Bertz CT molecular complexity index is 357. The van der Waals surface area contributed by atoms with Crippen molar-refractivity contribution in [1.29, 1.82) is 0 Å². The van der Waals surface area contributed by atoms with Gasteiger partial charge in [-0.1, -0.05) is 43.5 Å². The summed E-state index contributed by atoms with van der Waals surface area (Å²) in [5.74, 6) is -0.249. The van der Waals surface area contributed by atoms with E-state index >= 15 is 0 Å². The molecule has 0 saturated heterocycles. The van der Waals surface area contributed by atoms with Crippen LogP contribution in [0, 0.1) is 0 Å². The lowest BCUT2D eigenvalue weighted by Crippen LogP contribution is -2.08. The highest BCUT2D eigenvalue weighted by atomic mass is 79.9. The van der Waals surface area contributed by atoms with Gasteiger partial charge >= 0.3 is 5.97 Å². The van der Waals surface area contributed by atoms with Crippen molar-refractivity contribution in [2.75, 3.05) is 6.61 Å². The number of carbonyl (C=O) groups is 1. The molecular weight excluding hydrogens is 347 g/mol. The molecule has 0 atom stereocenters. The average Bonchev–Trinajstić information content (AvgIpc) is 2.11. The molecule has 0 aliphatic heterocycles. The van der Waals surface area contributed by atoms with E-state index in [0.717, 1.165) is 14.5 Å². The summed E-state index contributed by atoms with van der Waals surface area (Å²) in [5, 5.41) is 0.612. The minimum absolute atomic E-state index is 0.228. The van der Waals surface area contributed by atoms with Gasteiger partial charge in [0.15, 0.2) is 0 Å².